The molecule has 0 aliphatic heterocycles. The number of benzene rings is 2. The first kappa shape index (κ1) is 19.1. The Morgan fingerprint density at radius 2 is 1.48 bits per heavy atom. The Morgan fingerprint density at radius 1 is 0.828 bits per heavy atom. The molecule has 0 N–H and O–H groups in total. The van der Waals surface area contributed by atoms with Crippen LogP contribution >= 0.6 is 0 Å². The molecule has 1 aromatic heterocycles. The fourth-order valence-corrected chi connectivity index (χ4v) is 4.08. The second-order valence-corrected chi connectivity index (χ2v) is 7.47. The van der Waals surface area contributed by atoms with Crippen LogP contribution < -0.4 is 4.74 Å². The lowest BCUT2D eigenvalue weighted by Crippen LogP contribution is -2.43. The maximum Gasteiger partial charge on any atom is 0.151 e. The van der Waals surface area contributed by atoms with Crippen molar-refractivity contribution in [1.29, 1.82) is 5.26 Å². The first-order chi connectivity index (χ1) is 14.1. The highest BCUT2D eigenvalue weighted by molar-refractivity contribution is 5.35. The Balaban J connectivity index is 1.68. The van der Waals surface area contributed by atoms with Crippen LogP contribution in [0.3, 0.4) is 0 Å². The summed E-state index contributed by atoms with van der Waals surface area (Å²) in [6, 6.07) is 21.1. The average molecular weight is 390 g/mol. The molecule has 4 rings (SSSR count). The van der Waals surface area contributed by atoms with E-state index in [1.165, 1.54) is 24.4 Å². The van der Waals surface area contributed by atoms with Crippen molar-refractivity contribution in [1.82, 2.24) is 4.98 Å². The zero-order chi connectivity index (χ0) is 20.3. The van der Waals surface area contributed by atoms with Gasteiger partial charge in [0.05, 0.1) is 23.4 Å². The molecule has 2 aromatic carbocycles. The molecular weight excluding hydrogens is 370 g/mol. The van der Waals surface area contributed by atoms with E-state index in [-0.39, 0.29) is 5.82 Å². The molecule has 1 saturated carbocycles. The number of nitriles is 1. The zero-order valence-corrected chi connectivity index (χ0v) is 15.8. The van der Waals surface area contributed by atoms with Gasteiger partial charge in [-0.3, -0.25) is 4.98 Å². The number of halogens is 2. The van der Waals surface area contributed by atoms with Gasteiger partial charge < -0.3 is 4.74 Å². The van der Waals surface area contributed by atoms with E-state index >= 15 is 0 Å². The third-order valence-electron chi connectivity index (χ3n) is 5.77. The van der Waals surface area contributed by atoms with E-state index < -0.39 is 16.8 Å². The van der Waals surface area contributed by atoms with E-state index in [9.17, 15) is 14.0 Å². The third-order valence-corrected chi connectivity index (χ3v) is 5.77. The maximum absolute atomic E-state index is 13.5. The molecule has 3 nitrogen and oxygen atoms in total. The summed E-state index contributed by atoms with van der Waals surface area (Å²) in [5, 5.41) is 9.98. The lowest BCUT2D eigenvalue weighted by atomic mass is 9.65. The van der Waals surface area contributed by atoms with Crippen LogP contribution in [0.25, 0.3) is 0 Å². The van der Waals surface area contributed by atoms with Gasteiger partial charge in [0.1, 0.15) is 17.4 Å². The van der Waals surface area contributed by atoms with Gasteiger partial charge in [-0.1, -0.05) is 30.3 Å². The first-order valence-corrected chi connectivity index (χ1v) is 9.59. The van der Waals surface area contributed by atoms with Crippen LogP contribution in [0.1, 0.15) is 36.9 Å². The Hall–Kier alpha value is -3.26. The number of hydrogen-bond acceptors (Lipinski definition) is 3. The van der Waals surface area contributed by atoms with Gasteiger partial charge in [0.2, 0.25) is 0 Å². The largest absolute Gasteiger partial charge is 0.481 e. The molecular formula is C24H20F2N2O. The van der Waals surface area contributed by atoms with Crippen molar-refractivity contribution in [2.75, 3.05) is 0 Å². The SMILES string of the molecule is N#C[C@]1(c2ccc(F)cc2)CC[C@](Oc2ccccc2)(c2ccc(F)cn2)CC1. The molecule has 3 aromatic rings. The topological polar surface area (TPSA) is 45.9 Å². The van der Waals surface area contributed by atoms with E-state index in [4.69, 9.17) is 4.74 Å². The summed E-state index contributed by atoms with van der Waals surface area (Å²) in [6.45, 7) is 0. The quantitative estimate of drug-likeness (QED) is 0.577. The summed E-state index contributed by atoms with van der Waals surface area (Å²) in [4.78, 5) is 4.30. The second kappa shape index (κ2) is 7.63. The highest BCUT2D eigenvalue weighted by atomic mass is 19.1. The van der Waals surface area contributed by atoms with Crippen molar-refractivity contribution < 1.29 is 13.5 Å². The number of nitrogens with zero attached hydrogens (tertiary/aromatic N) is 2. The molecule has 1 aliphatic rings. The summed E-state index contributed by atoms with van der Waals surface area (Å²) in [5.74, 6) is -0.0307. The van der Waals surface area contributed by atoms with Crippen molar-refractivity contribution in [2.24, 2.45) is 0 Å². The van der Waals surface area contributed by atoms with Gasteiger partial charge in [-0.2, -0.15) is 5.26 Å². The van der Waals surface area contributed by atoms with Crippen LogP contribution in [-0.2, 0) is 11.0 Å². The number of aromatic nitrogens is 1. The van der Waals surface area contributed by atoms with Crippen molar-refractivity contribution in [2.45, 2.75) is 36.7 Å². The zero-order valence-electron chi connectivity index (χ0n) is 15.8. The Morgan fingerprint density at radius 3 is 2.07 bits per heavy atom. The maximum atomic E-state index is 13.5. The summed E-state index contributed by atoms with van der Waals surface area (Å²) in [7, 11) is 0. The van der Waals surface area contributed by atoms with Crippen molar-refractivity contribution >= 4 is 0 Å². The van der Waals surface area contributed by atoms with Gasteiger partial charge in [-0.25, -0.2) is 8.78 Å². The number of hydrogen-bond donors (Lipinski definition) is 0. The number of pyridine rings is 1. The van der Waals surface area contributed by atoms with Crippen LogP contribution in [0.5, 0.6) is 5.75 Å². The second-order valence-electron chi connectivity index (χ2n) is 7.47. The molecule has 0 atom stereocenters. The molecule has 0 unspecified atom stereocenters. The lowest BCUT2D eigenvalue weighted by Gasteiger charge is -2.43. The number of para-hydroxylation sites is 1. The van der Waals surface area contributed by atoms with E-state index in [0.717, 1.165) is 5.56 Å². The molecule has 0 radical (unpaired) electrons. The van der Waals surface area contributed by atoms with Crippen LogP contribution in [-0.4, -0.2) is 4.98 Å². The smallest absolute Gasteiger partial charge is 0.151 e. The molecule has 0 saturated heterocycles. The van der Waals surface area contributed by atoms with E-state index in [2.05, 4.69) is 11.1 Å². The molecule has 0 spiro atoms. The predicted octanol–water partition coefficient (Wildman–Crippen LogP) is 5.67. The highest BCUT2D eigenvalue weighted by Crippen LogP contribution is 2.48. The number of rotatable bonds is 4. The van der Waals surface area contributed by atoms with Gasteiger partial charge in [0, 0.05) is 0 Å². The molecule has 0 amide bonds. The summed E-state index contributed by atoms with van der Waals surface area (Å²) in [6.07, 6.45) is 3.32. The summed E-state index contributed by atoms with van der Waals surface area (Å²) in [5.41, 5.74) is -0.0117. The van der Waals surface area contributed by atoms with Crippen LogP contribution in [0, 0.1) is 23.0 Å². The molecule has 0 bridgehead atoms. The van der Waals surface area contributed by atoms with Crippen molar-refractivity contribution in [3.8, 4) is 11.8 Å². The Labute approximate surface area is 168 Å². The Bertz CT molecular complexity index is 1000. The van der Waals surface area contributed by atoms with Crippen molar-refractivity contribution in [3.63, 3.8) is 0 Å². The number of ether oxygens (including phenoxy) is 1. The first-order valence-electron chi connectivity index (χ1n) is 9.59. The normalized spacial score (nSPS) is 23.9. The van der Waals surface area contributed by atoms with Gasteiger partial charge in [-0.15, -0.1) is 0 Å². The summed E-state index contributed by atoms with van der Waals surface area (Å²) >= 11 is 0. The minimum Gasteiger partial charge on any atom is -0.481 e. The molecule has 146 valence electrons. The van der Waals surface area contributed by atoms with Gasteiger partial charge in [-0.05, 0) is 67.6 Å². The standard InChI is InChI=1S/C24H20F2N2O/c25-19-8-6-18(7-9-19)23(17-27)12-14-24(15-13-23,22-11-10-20(26)16-28-22)29-21-4-2-1-3-5-21/h1-11,16H,12-15H2/t23-,24+. The lowest BCUT2D eigenvalue weighted by molar-refractivity contribution is 0.00780. The van der Waals surface area contributed by atoms with Crippen LogP contribution in [0.2, 0.25) is 0 Å². The summed E-state index contributed by atoms with van der Waals surface area (Å²) < 4.78 is 33.2. The fraction of sp³-hybridized carbons (Fsp3) is 0.250. The molecule has 5 heteroatoms. The fourth-order valence-electron chi connectivity index (χ4n) is 4.08. The molecule has 29 heavy (non-hydrogen) atoms. The van der Waals surface area contributed by atoms with E-state index in [1.807, 2.05) is 30.3 Å². The van der Waals surface area contributed by atoms with Gasteiger partial charge in [0.25, 0.3) is 0 Å². The average Bonchev–Trinajstić information content (AvgIpc) is 2.76. The minimum absolute atomic E-state index is 0.324. The minimum atomic E-state index is -0.755. The molecule has 1 aliphatic carbocycles. The van der Waals surface area contributed by atoms with Gasteiger partial charge in [0.15, 0.2) is 5.60 Å². The van der Waals surface area contributed by atoms with E-state index in [0.29, 0.717) is 37.1 Å². The Kier molecular flexibility index (Phi) is 5.02. The molecule has 1 fully saturated rings. The monoisotopic (exact) mass is 390 g/mol. The van der Waals surface area contributed by atoms with Crippen LogP contribution in [0.15, 0.2) is 72.9 Å². The van der Waals surface area contributed by atoms with Crippen LogP contribution in [0.4, 0.5) is 8.78 Å². The molecule has 1 heterocycles. The van der Waals surface area contributed by atoms with Crippen molar-refractivity contribution in [3.05, 3.63) is 95.8 Å². The van der Waals surface area contributed by atoms with E-state index in [1.54, 1.807) is 18.2 Å². The predicted molar refractivity (Wildman–Crippen MR) is 105 cm³/mol. The highest BCUT2D eigenvalue weighted by Gasteiger charge is 2.47. The third kappa shape index (κ3) is 3.71. The van der Waals surface area contributed by atoms with Gasteiger partial charge >= 0.3 is 0 Å².